The molecular formula is C26H23ClF2O4. The van der Waals surface area contributed by atoms with Crippen molar-refractivity contribution in [1.82, 2.24) is 0 Å². The molecule has 3 aromatic carbocycles. The number of aliphatic carboxylic acids is 1. The van der Waals surface area contributed by atoms with Crippen LogP contribution in [0.25, 0.3) is 0 Å². The molecule has 0 heterocycles. The van der Waals surface area contributed by atoms with E-state index in [0.29, 0.717) is 34.7 Å². The van der Waals surface area contributed by atoms with Gasteiger partial charge in [0.05, 0.1) is 0 Å². The van der Waals surface area contributed by atoms with Gasteiger partial charge in [0.1, 0.15) is 11.9 Å². The minimum Gasteiger partial charge on any atom is -0.479 e. The predicted molar refractivity (Wildman–Crippen MR) is 121 cm³/mol. The number of halogens is 3. The summed E-state index contributed by atoms with van der Waals surface area (Å²) in [6.07, 6.45) is -0.855. The fourth-order valence-electron chi connectivity index (χ4n) is 4.18. The average molecular weight is 473 g/mol. The van der Waals surface area contributed by atoms with Crippen LogP contribution in [0.2, 0.25) is 5.02 Å². The molecule has 0 spiro atoms. The fourth-order valence-corrected chi connectivity index (χ4v) is 4.31. The Morgan fingerprint density at radius 2 is 1.76 bits per heavy atom. The Bertz CT molecular complexity index is 1120. The molecule has 172 valence electrons. The Hall–Kier alpha value is -2.96. The Morgan fingerprint density at radius 1 is 1.09 bits per heavy atom. The van der Waals surface area contributed by atoms with Crippen LogP contribution in [0.4, 0.5) is 8.78 Å². The summed E-state index contributed by atoms with van der Waals surface area (Å²) in [5, 5.41) is 21.2. The van der Waals surface area contributed by atoms with E-state index in [1.165, 1.54) is 12.1 Å². The maximum absolute atomic E-state index is 16.3. The van der Waals surface area contributed by atoms with Crippen molar-refractivity contribution in [2.75, 3.05) is 0 Å². The number of hydrogen-bond acceptors (Lipinski definition) is 3. The van der Waals surface area contributed by atoms with Gasteiger partial charge in [0, 0.05) is 17.4 Å². The van der Waals surface area contributed by atoms with E-state index in [9.17, 15) is 19.4 Å². The van der Waals surface area contributed by atoms with Gasteiger partial charge in [0.15, 0.2) is 11.6 Å². The molecule has 4 nitrogen and oxygen atoms in total. The van der Waals surface area contributed by atoms with Crippen molar-refractivity contribution in [3.63, 3.8) is 0 Å². The van der Waals surface area contributed by atoms with Crippen LogP contribution in [-0.4, -0.2) is 28.0 Å². The summed E-state index contributed by atoms with van der Waals surface area (Å²) < 4.78 is 36.1. The first-order chi connectivity index (χ1) is 15.8. The Kier molecular flexibility index (Phi) is 6.68. The Balaban J connectivity index is 1.62. The average Bonchev–Trinajstić information content (AvgIpc) is 3.63. The Labute approximate surface area is 195 Å². The Morgan fingerprint density at radius 3 is 2.36 bits per heavy atom. The molecule has 0 aromatic heterocycles. The van der Waals surface area contributed by atoms with Crippen molar-refractivity contribution in [3.8, 4) is 11.5 Å². The molecular weight excluding hydrogens is 450 g/mol. The summed E-state index contributed by atoms with van der Waals surface area (Å²) in [5.41, 5.74) is -2.12. The van der Waals surface area contributed by atoms with Crippen LogP contribution in [0.15, 0.2) is 72.8 Å². The second kappa shape index (κ2) is 9.49. The number of carbonyl (C=O) groups is 1. The minimum atomic E-state index is -2.94. The lowest BCUT2D eigenvalue weighted by Gasteiger charge is -2.35. The number of rotatable bonds is 9. The molecule has 3 aromatic rings. The fraction of sp³-hybridized carbons (Fsp3) is 0.269. The van der Waals surface area contributed by atoms with Crippen LogP contribution >= 0.6 is 11.6 Å². The molecule has 1 aliphatic rings. The van der Waals surface area contributed by atoms with Crippen LogP contribution < -0.4 is 4.74 Å². The van der Waals surface area contributed by atoms with Crippen molar-refractivity contribution in [1.29, 1.82) is 0 Å². The maximum atomic E-state index is 16.3. The van der Waals surface area contributed by atoms with Crippen molar-refractivity contribution in [2.24, 2.45) is 5.92 Å². The summed E-state index contributed by atoms with van der Waals surface area (Å²) in [6, 6.07) is 18.8. The summed E-state index contributed by atoms with van der Waals surface area (Å²) in [5.74, 6) is -3.28. The molecule has 33 heavy (non-hydrogen) atoms. The van der Waals surface area contributed by atoms with Gasteiger partial charge in [0.25, 0.3) is 0 Å². The van der Waals surface area contributed by atoms with Gasteiger partial charge in [-0.2, -0.15) is 0 Å². The number of benzene rings is 3. The molecule has 0 saturated heterocycles. The third-order valence-corrected chi connectivity index (χ3v) is 6.24. The van der Waals surface area contributed by atoms with Gasteiger partial charge < -0.3 is 14.9 Å². The van der Waals surface area contributed by atoms with Gasteiger partial charge in [-0.15, -0.1) is 0 Å². The molecule has 0 bridgehead atoms. The molecule has 0 aliphatic heterocycles. The molecule has 1 saturated carbocycles. The van der Waals surface area contributed by atoms with E-state index in [0.717, 1.165) is 6.07 Å². The van der Waals surface area contributed by atoms with E-state index in [1.807, 2.05) is 0 Å². The molecule has 1 aliphatic carbocycles. The monoisotopic (exact) mass is 472 g/mol. The normalized spacial score (nSPS) is 17.1. The summed E-state index contributed by atoms with van der Waals surface area (Å²) in [4.78, 5) is 12.2. The third kappa shape index (κ3) is 5.02. The summed E-state index contributed by atoms with van der Waals surface area (Å²) in [7, 11) is 0. The number of carboxylic acids is 1. The number of hydrogen-bond donors (Lipinski definition) is 2. The van der Waals surface area contributed by atoms with Crippen molar-refractivity contribution in [3.05, 3.63) is 94.8 Å². The van der Waals surface area contributed by atoms with Gasteiger partial charge in [-0.1, -0.05) is 48.0 Å². The van der Waals surface area contributed by atoms with Crippen LogP contribution in [-0.2, 0) is 11.2 Å². The van der Waals surface area contributed by atoms with E-state index in [-0.39, 0.29) is 18.1 Å². The molecule has 3 atom stereocenters. The number of alkyl halides is 1. The van der Waals surface area contributed by atoms with Gasteiger partial charge in [0.2, 0.25) is 5.67 Å². The summed E-state index contributed by atoms with van der Waals surface area (Å²) in [6.45, 7) is 0. The minimum absolute atomic E-state index is 0.0953. The molecule has 1 fully saturated rings. The number of ether oxygens (including phenoxy) is 1. The second-order valence-electron chi connectivity index (χ2n) is 8.34. The van der Waals surface area contributed by atoms with E-state index in [2.05, 4.69) is 0 Å². The van der Waals surface area contributed by atoms with Crippen molar-refractivity contribution in [2.45, 2.75) is 37.0 Å². The third-order valence-electron chi connectivity index (χ3n) is 5.98. The van der Waals surface area contributed by atoms with Gasteiger partial charge in [-0.3, -0.25) is 0 Å². The molecule has 0 amide bonds. The number of aliphatic hydroxyl groups excluding tert-OH is 1. The first-order valence-electron chi connectivity index (χ1n) is 10.7. The van der Waals surface area contributed by atoms with Crippen LogP contribution in [0.1, 0.15) is 29.9 Å². The predicted octanol–water partition coefficient (Wildman–Crippen LogP) is 6.16. The van der Waals surface area contributed by atoms with E-state index >= 15 is 4.39 Å². The SMILES string of the molecule is O=C(O)[C@@](F)(C(c1ccc(Cl)cc1)C1CC1)[C@@H](O)Cc1ccc(F)c(Oc2ccccc2)c1. The second-order valence-corrected chi connectivity index (χ2v) is 8.78. The highest BCUT2D eigenvalue weighted by atomic mass is 35.5. The van der Waals surface area contributed by atoms with E-state index in [1.54, 1.807) is 54.6 Å². The highest BCUT2D eigenvalue weighted by Crippen LogP contribution is 2.51. The lowest BCUT2D eigenvalue weighted by atomic mass is 9.75. The smallest absolute Gasteiger partial charge is 0.344 e. The van der Waals surface area contributed by atoms with Gasteiger partial charge in [-0.05, 0) is 66.3 Å². The van der Waals surface area contributed by atoms with Gasteiger partial charge in [-0.25, -0.2) is 13.6 Å². The largest absolute Gasteiger partial charge is 0.479 e. The lowest BCUT2D eigenvalue weighted by molar-refractivity contribution is -0.163. The van der Waals surface area contributed by atoms with Crippen molar-refractivity contribution < 1.29 is 28.5 Å². The number of aliphatic hydroxyl groups is 1. The topological polar surface area (TPSA) is 66.8 Å². The quantitative estimate of drug-likeness (QED) is 0.391. The van der Waals surface area contributed by atoms with Crippen LogP contribution in [0.5, 0.6) is 11.5 Å². The van der Waals surface area contributed by atoms with Crippen LogP contribution in [0.3, 0.4) is 0 Å². The van der Waals surface area contributed by atoms with Crippen LogP contribution in [0, 0.1) is 11.7 Å². The maximum Gasteiger partial charge on any atom is 0.344 e. The zero-order valence-electron chi connectivity index (χ0n) is 17.6. The first-order valence-corrected chi connectivity index (χ1v) is 11.0. The standard InChI is InChI=1S/C26H23ClF2O4/c27-19-11-9-18(10-12-19)24(17-7-8-17)26(29,25(31)32)23(30)15-16-6-13-21(28)22(14-16)33-20-4-2-1-3-5-20/h1-6,9-14,17,23-24,30H,7-8,15H2,(H,31,32)/t23-,24?,26-/m0/s1. The van der Waals surface area contributed by atoms with E-state index < -0.39 is 29.5 Å². The van der Waals surface area contributed by atoms with E-state index in [4.69, 9.17) is 16.3 Å². The zero-order valence-corrected chi connectivity index (χ0v) is 18.4. The number of para-hydroxylation sites is 1. The van der Waals surface area contributed by atoms with Crippen molar-refractivity contribution >= 4 is 17.6 Å². The summed E-state index contributed by atoms with van der Waals surface area (Å²) >= 11 is 5.94. The molecule has 0 radical (unpaired) electrons. The zero-order chi connectivity index (χ0) is 23.6. The highest BCUT2D eigenvalue weighted by molar-refractivity contribution is 6.30. The highest BCUT2D eigenvalue weighted by Gasteiger charge is 2.57. The molecule has 4 rings (SSSR count). The molecule has 1 unspecified atom stereocenters. The lowest BCUT2D eigenvalue weighted by Crippen LogP contribution is -2.52. The molecule has 2 N–H and O–H groups in total. The molecule has 7 heteroatoms. The van der Waals surface area contributed by atoms with Gasteiger partial charge >= 0.3 is 5.97 Å². The first kappa shape index (κ1) is 23.2. The number of carboxylic acid groups (broad SMARTS) is 1.